The fourth-order valence-electron chi connectivity index (χ4n) is 2.87. The normalized spacial score (nSPS) is 11.5. The molecule has 0 saturated carbocycles. The van der Waals surface area contributed by atoms with Crippen LogP contribution in [0.5, 0.6) is 0 Å². The summed E-state index contributed by atoms with van der Waals surface area (Å²) in [6.07, 6.45) is 2.26. The SMILES string of the molecule is CCCN(CCC)c1ccc(N=Nc2cc(Cl)ccc2Cl)c(C(C)C)c1. The fourth-order valence-corrected chi connectivity index (χ4v) is 3.19. The van der Waals surface area contributed by atoms with Crippen molar-refractivity contribution in [1.82, 2.24) is 0 Å². The van der Waals surface area contributed by atoms with Gasteiger partial charge in [-0.2, -0.15) is 5.11 Å². The molecule has 0 atom stereocenters. The van der Waals surface area contributed by atoms with E-state index in [0.717, 1.165) is 31.6 Å². The number of nitrogens with zero attached hydrogens (tertiary/aromatic N) is 3. The molecule has 3 nitrogen and oxygen atoms in total. The van der Waals surface area contributed by atoms with Crippen molar-refractivity contribution in [3.05, 3.63) is 52.0 Å². The molecule has 0 aromatic heterocycles. The number of rotatable bonds is 8. The Kier molecular flexibility index (Phi) is 7.92. The predicted octanol–water partition coefficient (Wildman–Crippen LogP) is 8.16. The molecule has 0 amide bonds. The van der Waals surface area contributed by atoms with Gasteiger partial charge in [-0.1, -0.05) is 50.9 Å². The lowest BCUT2D eigenvalue weighted by atomic mass is 10.00. The number of anilines is 1. The van der Waals surface area contributed by atoms with Gasteiger partial charge in [0.15, 0.2) is 0 Å². The van der Waals surface area contributed by atoms with Gasteiger partial charge in [-0.15, -0.1) is 5.11 Å². The summed E-state index contributed by atoms with van der Waals surface area (Å²) >= 11 is 12.2. The summed E-state index contributed by atoms with van der Waals surface area (Å²) in [6, 6.07) is 11.6. The molecule has 0 saturated heterocycles. The minimum Gasteiger partial charge on any atom is -0.372 e. The molecule has 0 aliphatic heterocycles. The highest BCUT2D eigenvalue weighted by Crippen LogP contribution is 2.34. The molecule has 0 spiro atoms. The van der Waals surface area contributed by atoms with Gasteiger partial charge in [-0.25, -0.2) is 0 Å². The summed E-state index contributed by atoms with van der Waals surface area (Å²) < 4.78 is 0. The van der Waals surface area contributed by atoms with E-state index >= 15 is 0 Å². The summed E-state index contributed by atoms with van der Waals surface area (Å²) in [5.41, 5.74) is 3.88. The van der Waals surface area contributed by atoms with Crippen LogP contribution >= 0.6 is 23.2 Å². The first kappa shape index (κ1) is 20.7. The van der Waals surface area contributed by atoms with Gasteiger partial charge in [0.25, 0.3) is 0 Å². The molecule has 140 valence electrons. The van der Waals surface area contributed by atoms with Crippen molar-refractivity contribution in [2.24, 2.45) is 10.2 Å². The Labute approximate surface area is 167 Å². The van der Waals surface area contributed by atoms with Gasteiger partial charge in [0.2, 0.25) is 0 Å². The highest BCUT2D eigenvalue weighted by Gasteiger charge is 2.12. The van der Waals surface area contributed by atoms with Crippen molar-refractivity contribution in [2.75, 3.05) is 18.0 Å². The van der Waals surface area contributed by atoms with Gasteiger partial charge in [-0.3, -0.25) is 0 Å². The third kappa shape index (κ3) is 5.46. The van der Waals surface area contributed by atoms with Gasteiger partial charge in [0, 0.05) is 23.8 Å². The van der Waals surface area contributed by atoms with Crippen LogP contribution in [0.2, 0.25) is 10.0 Å². The first-order valence-corrected chi connectivity index (χ1v) is 9.97. The standard InChI is InChI=1S/C21H27Cl2N3/c1-5-11-26(12-6-2)17-8-10-20(18(14-17)15(3)4)24-25-21-13-16(22)7-9-19(21)23/h7-10,13-15H,5-6,11-12H2,1-4H3. The van der Waals surface area contributed by atoms with Crippen LogP contribution in [0.4, 0.5) is 17.1 Å². The topological polar surface area (TPSA) is 28.0 Å². The molecule has 0 bridgehead atoms. The Morgan fingerprint density at radius 3 is 2.15 bits per heavy atom. The van der Waals surface area contributed by atoms with Crippen LogP contribution < -0.4 is 4.90 Å². The van der Waals surface area contributed by atoms with Crippen LogP contribution in [-0.4, -0.2) is 13.1 Å². The van der Waals surface area contributed by atoms with Crippen molar-refractivity contribution in [1.29, 1.82) is 0 Å². The number of halogens is 2. The van der Waals surface area contributed by atoms with Gasteiger partial charge in [-0.05, 0) is 60.7 Å². The first-order chi connectivity index (χ1) is 12.5. The zero-order valence-corrected chi connectivity index (χ0v) is 17.5. The minimum atomic E-state index is 0.351. The number of hydrogen-bond acceptors (Lipinski definition) is 3. The number of azo groups is 1. The molecule has 0 radical (unpaired) electrons. The van der Waals surface area contributed by atoms with E-state index in [9.17, 15) is 0 Å². The fraction of sp³-hybridized carbons (Fsp3) is 0.429. The minimum absolute atomic E-state index is 0.351. The van der Waals surface area contributed by atoms with Crippen molar-refractivity contribution in [3.8, 4) is 0 Å². The monoisotopic (exact) mass is 391 g/mol. The Balaban J connectivity index is 2.36. The van der Waals surface area contributed by atoms with E-state index in [-0.39, 0.29) is 0 Å². The average Bonchev–Trinajstić information content (AvgIpc) is 2.62. The maximum atomic E-state index is 6.18. The summed E-state index contributed by atoms with van der Waals surface area (Å²) in [5, 5.41) is 9.91. The van der Waals surface area contributed by atoms with Crippen molar-refractivity contribution in [3.63, 3.8) is 0 Å². The number of hydrogen-bond donors (Lipinski definition) is 0. The van der Waals surface area contributed by atoms with E-state index in [4.69, 9.17) is 23.2 Å². The lowest BCUT2D eigenvalue weighted by Crippen LogP contribution is -2.24. The Bertz CT molecular complexity index is 751. The van der Waals surface area contributed by atoms with Crippen molar-refractivity contribution in [2.45, 2.75) is 46.5 Å². The Morgan fingerprint density at radius 2 is 1.54 bits per heavy atom. The van der Waals surface area contributed by atoms with Gasteiger partial charge in [0.05, 0.1) is 10.7 Å². The molecule has 2 aromatic rings. The van der Waals surface area contributed by atoms with Crippen LogP contribution in [0.25, 0.3) is 0 Å². The molecule has 0 unspecified atom stereocenters. The maximum Gasteiger partial charge on any atom is 0.106 e. The van der Waals surface area contributed by atoms with E-state index < -0.39 is 0 Å². The molecule has 0 heterocycles. The second kappa shape index (κ2) is 9.94. The van der Waals surface area contributed by atoms with Crippen LogP contribution in [0.1, 0.15) is 52.0 Å². The van der Waals surface area contributed by atoms with E-state index in [1.807, 2.05) is 6.07 Å². The summed E-state index contributed by atoms with van der Waals surface area (Å²) in [4.78, 5) is 2.43. The summed E-state index contributed by atoms with van der Waals surface area (Å²) in [7, 11) is 0. The van der Waals surface area contributed by atoms with Gasteiger partial charge in [0.1, 0.15) is 5.69 Å². The Hall–Kier alpha value is -1.58. The zero-order valence-electron chi connectivity index (χ0n) is 16.0. The van der Waals surface area contributed by atoms with Crippen molar-refractivity contribution < 1.29 is 0 Å². The molecule has 0 N–H and O–H groups in total. The smallest absolute Gasteiger partial charge is 0.106 e. The van der Waals surface area contributed by atoms with Crippen LogP contribution in [0, 0.1) is 0 Å². The molecule has 0 aliphatic carbocycles. The molecule has 2 aromatic carbocycles. The lowest BCUT2D eigenvalue weighted by Gasteiger charge is -2.25. The molecule has 2 rings (SSSR count). The van der Waals surface area contributed by atoms with E-state index in [1.165, 1.54) is 11.3 Å². The third-order valence-electron chi connectivity index (χ3n) is 4.16. The second-order valence-electron chi connectivity index (χ2n) is 6.68. The Morgan fingerprint density at radius 1 is 0.885 bits per heavy atom. The molecule has 0 aliphatic rings. The van der Waals surface area contributed by atoms with Gasteiger partial charge < -0.3 is 4.90 Å². The van der Waals surface area contributed by atoms with Crippen LogP contribution in [0.15, 0.2) is 46.6 Å². The van der Waals surface area contributed by atoms with E-state index in [1.54, 1.807) is 18.2 Å². The first-order valence-electron chi connectivity index (χ1n) is 9.21. The predicted molar refractivity (Wildman–Crippen MR) is 114 cm³/mol. The molecule has 26 heavy (non-hydrogen) atoms. The van der Waals surface area contributed by atoms with E-state index in [0.29, 0.717) is 21.7 Å². The third-order valence-corrected chi connectivity index (χ3v) is 4.71. The number of benzene rings is 2. The molecular weight excluding hydrogens is 365 g/mol. The lowest BCUT2D eigenvalue weighted by molar-refractivity contribution is 0.743. The summed E-state index contributed by atoms with van der Waals surface area (Å²) in [6.45, 7) is 10.9. The van der Waals surface area contributed by atoms with Crippen molar-refractivity contribution >= 4 is 40.3 Å². The zero-order chi connectivity index (χ0) is 19.1. The van der Waals surface area contributed by atoms with Gasteiger partial charge >= 0.3 is 0 Å². The maximum absolute atomic E-state index is 6.18. The second-order valence-corrected chi connectivity index (χ2v) is 7.52. The quantitative estimate of drug-likeness (QED) is 0.417. The highest BCUT2D eigenvalue weighted by molar-refractivity contribution is 6.35. The molecule has 5 heteroatoms. The molecular formula is C21H27Cl2N3. The van der Waals surface area contributed by atoms with Crippen LogP contribution in [-0.2, 0) is 0 Å². The molecule has 0 fully saturated rings. The summed E-state index contributed by atoms with van der Waals surface area (Å²) in [5.74, 6) is 0.351. The van der Waals surface area contributed by atoms with E-state index in [2.05, 4.69) is 55.0 Å². The average molecular weight is 392 g/mol. The van der Waals surface area contributed by atoms with Crippen LogP contribution in [0.3, 0.4) is 0 Å². The largest absolute Gasteiger partial charge is 0.372 e. The highest BCUT2D eigenvalue weighted by atomic mass is 35.5.